The first-order chi connectivity index (χ1) is 32.9. The normalized spacial score (nSPS) is 13.5. The van der Waals surface area contributed by atoms with Crippen molar-refractivity contribution in [1.82, 2.24) is 65.1 Å². The van der Waals surface area contributed by atoms with Crippen LogP contribution in [0.1, 0.15) is 47.6 Å². The van der Waals surface area contributed by atoms with Crippen molar-refractivity contribution in [2.24, 2.45) is 7.05 Å². The number of pyridine rings is 5. The topological polar surface area (TPSA) is 180 Å². The van der Waals surface area contributed by atoms with Crippen LogP contribution < -0.4 is 4.74 Å². The number of ether oxygens (including phenoxy) is 1. The van der Waals surface area contributed by atoms with Gasteiger partial charge < -0.3 is 14.7 Å². The number of aromatic amines is 4. The number of aromatic nitrogens is 13. The third-order valence-corrected chi connectivity index (χ3v) is 15.0. The van der Waals surface area contributed by atoms with Crippen LogP contribution in [0.3, 0.4) is 0 Å². The molecule has 0 amide bonds. The van der Waals surface area contributed by atoms with Gasteiger partial charge in [-0.1, -0.05) is 6.42 Å². The van der Waals surface area contributed by atoms with Crippen molar-refractivity contribution in [3.8, 4) is 71.9 Å². The molecule has 328 valence electrons. The van der Waals surface area contributed by atoms with Crippen molar-refractivity contribution in [3.05, 3.63) is 126 Å². The largest absolute Gasteiger partial charge is 0.489 e. The predicted octanol–water partition coefficient (Wildman–Crippen LogP) is 11.8. The van der Waals surface area contributed by atoms with Gasteiger partial charge in [0.25, 0.3) is 0 Å². The van der Waals surface area contributed by atoms with Crippen LogP contribution >= 0.6 is 22.7 Å². The van der Waals surface area contributed by atoms with E-state index in [1.54, 1.807) is 33.6 Å². The molecule has 14 nitrogen and oxygen atoms in total. The highest BCUT2D eigenvalue weighted by molar-refractivity contribution is 7.15. The summed E-state index contributed by atoms with van der Waals surface area (Å²) < 4.78 is 8.14. The molecule has 0 atom stereocenters. The second kappa shape index (κ2) is 16.0. The number of hydrogen-bond donors (Lipinski definition) is 4. The van der Waals surface area contributed by atoms with Crippen LogP contribution in [0.15, 0.2) is 110 Å². The SMILES string of the molecule is Cc1ccc(-c2cncc3[nH]c(-c4[nH]nc5c(Cc6ccc(-c7cncc8[nH]c(-c9n[nH]c%10cnc(-c%11cncc(OC%12CCCCC%12)c%11)cc9%10)cc78)s6)nc(-c6cnn(C)c6)cc45)cc23)s1. The van der Waals surface area contributed by atoms with Crippen molar-refractivity contribution < 1.29 is 4.74 Å². The van der Waals surface area contributed by atoms with Crippen molar-refractivity contribution in [3.63, 3.8) is 0 Å². The summed E-state index contributed by atoms with van der Waals surface area (Å²) >= 11 is 3.50. The van der Waals surface area contributed by atoms with Crippen molar-refractivity contribution >= 4 is 66.3 Å². The Hall–Kier alpha value is -7.82. The van der Waals surface area contributed by atoms with Gasteiger partial charge in [0, 0.05) is 102 Å². The number of nitrogens with one attached hydrogen (secondary N) is 4. The lowest BCUT2D eigenvalue weighted by atomic mass is 9.98. The average Bonchev–Trinajstić information content (AvgIpc) is 4.22. The predicted molar refractivity (Wildman–Crippen MR) is 265 cm³/mol. The Morgan fingerprint density at radius 3 is 2.22 bits per heavy atom. The van der Waals surface area contributed by atoms with Crippen LogP contribution in [0.25, 0.3) is 110 Å². The third kappa shape index (κ3) is 7.16. The Balaban J connectivity index is 0.825. The minimum atomic E-state index is 0.240. The molecular formula is C51H41N13OS2. The second-order valence-corrected chi connectivity index (χ2v) is 19.8. The molecule has 1 aliphatic rings. The zero-order valence-electron chi connectivity index (χ0n) is 36.5. The van der Waals surface area contributed by atoms with E-state index in [9.17, 15) is 0 Å². The molecule has 0 aliphatic heterocycles. The Kier molecular flexibility index (Phi) is 9.42. The maximum atomic E-state index is 6.34. The first-order valence-electron chi connectivity index (χ1n) is 22.4. The maximum Gasteiger partial charge on any atom is 0.138 e. The monoisotopic (exact) mass is 915 g/mol. The number of aryl methyl sites for hydroxylation is 2. The minimum Gasteiger partial charge on any atom is -0.489 e. The lowest BCUT2D eigenvalue weighted by Gasteiger charge is -2.22. The van der Waals surface area contributed by atoms with E-state index in [0.29, 0.717) is 6.42 Å². The minimum absolute atomic E-state index is 0.240. The summed E-state index contributed by atoms with van der Waals surface area (Å²) in [6.45, 7) is 2.13. The fraction of sp³-hybridized carbons (Fsp3) is 0.176. The summed E-state index contributed by atoms with van der Waals surface area (Å²) in [5.41, 5.74) is 13.6. The summed E-state index contributed by atoms with van der Waals surface area (Å²) in [6, 6.07) is 19.3. The highest BCUT2D eigenvalue weighted by Gasteiger charge is 2.22. The number of rotatable bonds is 10. The van der Waals surface area contributed by atoms with Gasteiger partial charge >= 0.3 is 0 Å². The molecule has 1 saturated carbocycles. The fourth-order valence-corrected chi connectivity index (χ4v) is 11.4. The molecule has 0 bridgehead atoms. The van der Waals surface area contributed by atoms with Gasteiger partial charge in [-0.25, -0.2) is 4.98 Å². The number of fused-ring (bicyclic) bond motifs is 4. The van der Waals surface area contributed by atoms with Crippen LogP contribution in [0.4, 0.5) is 0 Å². The summed E-state index contributed by atoms with van der Waals surface area (Å²) in [5.74, 6) is 0.780. The maximum absolute atomic E-state index is 6.34. The highest BCUT2D eigenvalue weighted by atomic mass is 32.1. The van der Waals surface area contributed by atoms with E-state index in [2.05, 4.69) is 95.7 Å². The summed E-state index contributed by atoms with van der Waals surface area (Å²) in [6.07, 6.45) is 23.6. The van der Waals surface area contributed by atoms with Crippen LogP contribution in [-0.2, 0) is 13.5 Å². The summed E-state index contributed by atoms with van der Waals surface area (Å²) in [7, 11) is 1.92. The Morgan fingerprint density at radius 2 is 1.43 bits per heavy atom. The Labute approximate surface area is 390 Å². The second-order valence-electron chi connectivity index (χ2n) is 17.3. The van der Waals surface area contributed by atoms with E-state index in [1.807, 2.05) is 62.7 Å². The van der Waals surface area contributed by atoms with Gasteiger partial charge in [0.2, 0.25) is 0 Å². The van der Waals surface area contributed by atoms with Gasteiger partial charge in [-0.05, 0) is 87.2 Å². The quantitative estimate of drug-likeness (QED) is 0.104. The molecule has 0 unspecified atom stereocenters. The molecule has 1 fully saturated rings. The number of nitrogens with zero attached hydrogens (tertiary/aromatic N) is 9. The smallest absolute Gasteiger partial charge is 0.138 e. The molecule has 13 rings (SSSR count). The lowest BCUT2D eigenvalue weighted by Crippen LogP contribution is -2.19. The van der Waals surface area contributed by atoms with E-state index in [0.717, 1.165) is 134 Å². The third-order valence-electron chi connectivity index (χ3n) is 12.8. The molecule has 12 aromatic heterocycles. The van der Waals surface area contributed by atoms with Crippen LogP contribution in [0, 0.1) is 6.92 Å². The van der Waals surface area contributed by atoms with Gasteiger partial charge in [0.1, 0.15) is 17.0 Å². The molecule has 0 radical (unpaired) electrons. The van der Waals surface area contributed by atoms with Gasteiger partial charge in [-0.15, -0.1) is 22.7 Å². The van der Waals surface area contributed by atoms with Crippen molar-refractivity contribution in [1.29, 1.82) is 0 Å². The molecule has 4 N–H and O–H groups in total. The molecule has 0 spiro atoms. The van der Waals surface area contributed by atoms with Crippen LogP contribution in [0.2, 0.25) is 0 Å². The zero-order valence-corrected chi connectivity index (χ0v) is 38.1. The van der Waals surface area contributed by atoms with Crippen molar-refractivity contribution in [2.75, 3.05) is 0 Å². The Bertz CT molecular complexity index is 3820. The first kappa shape index (κ1) is 39.5. The number of hydrogen-bond acceptors (Lipinski definition) is 11. The van der Waals surface area contributed by atoms with Crippen molar-refractivity contribution in [2.45, 2.75) is 51.6 Å². The summed E-state index contributed by atoms with van der Waals surface area (Å²) in [5, 5.41) is 24.8. The van der Waals surface area contributed by atoms with E-state index >= 15 is 0 Å². The van der Waals surface area contributed by atoms with E-state index in [1.165, 1.54) is 29.0 Å². The number of H-pyrrole nitrogens is 4. The first-order valence-corrected chi connectivity index (χ1v) is 24.0. The standard InChI is InChI=1S/C51H41N13OS2/c1-27-8-10-47(66-27)37-21-53-23-44-33(37)15-43(59-44)51-36-17-40(29-19-56-64(2)26-29)57-41(50(36)62-63-51)13-32-9-11-48(67-32)38-22-54-24-45-34(38)14-42(58-45)49-35-16-39(55-25-46(35)60-61-49)28-12-31(20-52-18-28)65-30-6-4-3-5-7-30/h8-12,14-26,30,58-59H,3-7,13H2,1-2H3,(H,60,61)(H,62,63). The van der Waals surface area contributed by atoms with Crippen LogP contribution in [-0.4, -0.2) is 71.2 Å². The summed E-state index contributed by atoms with van der Waals surface area (Å²) in [4.78, 5) is 35.7. The van der Waals surface area contributed by atoms with E-state index in [4.69, 9.17) is 24.9 Å². The molecule has 12 heterocycles. The molecule has 1 aliphatic carbocycles. The fourth-order valence-electron chi connectivity index (χ4n) is 9.51. The molecule has 67 heavy (non-hydrogen) atoms. The highest BCUT2D eigenvalue weighted by Crippen LogP contribution is 2.40. The van der Waals surface area contributed by atoms with Gasteiger partial charge in [-0.3, -0.25) is 34.8 Å². The molecule has 16 heteroatoms. The molecular weight excluding hydrogens is 875 g/mol. The van der Waals surface area contributed by atoms with E-state index < -0.39 is 0 Å². The van der Waals surface area contributed by atoms with Crippen LogP contribution in [0.5, 0.6) is 5.75 Å². The lowest BCUT2D eigenvalue weighted by molar-refractivity contribution is 0.154. The Morgan fingerprint density at radius 1 is 0.672 bits per heavy atom. The molecule has 0 aromatic carbocycles. The van der Waals surface area contributed by atoms with Gasteiger partial charge in [-0.2, -0.15) is 15.3 Å². The molecule has 0 saturated heterocycles. The average molecular weight is 916 g/mol. The molecule has 12 aromatic rings. The zero-order chi connectivity index (χ0) is 44.6. The number of thiophene rings is 2. The van der Waals surface area contributed by atoms with E-state index in [-0.39, 0.29) is 6.10 Å². The van der Waals surface area contributed by atoms with Gasteiger partial charge in [0.05, 0.1) is 87.8 Å². The van der Waals surface area contributed by atoms with Gasteiger partial charge in [0.15, 0.2) is 0 Å².